The second-order valence-corrected chi connectivity index (χ2v) is 5.16. The maximum atomic E-state index is 5.23. The van der Waals surface area contributed by atoms with Gasteiger partial charge in [-0.2, -0.15) is 0 Å². The van der Waals surface area contributed by atoms with Crippen molar-refractivity contribution in [2.45, 2.75) is 19.9 Å². The Labute approximate surface area is 110 Å². The van der Waals surface area contributed by atoms with E-state index in [0.717, 1.165) is 32.8 Å². The lowest BCUT2D eigenvalue weighted by Gasteiger charge is -2.39. The number of methoxy groups -OCH3 is 1. The van der Waals surface area contributed by atoms with Crippen molar-refractivity contribution in [3.63, 3.8) is 0 Å². The number of piperazine rings is 1. The van der Waals surface area contributed by atoms with E-state index in [1.165, 1.54) is 11.3 Å². The van der Waals surface area contributed by atoms with Gasteiger partial charge in [0.2, 0.25) is 0 Å². The van der Waals surface area contributed by atoms with Gasteiger partial charge in [0, 0.05) is 45.0 Å². The molecule has 0 bridgehead atoms. The van der Waals surface area contributed by atoms with Crippen molar-refractivity contribution in [2.24, 2.45) is 0 Å². The molecule has 0 aromatic heterocycles. The summed E-state index contributed by atoms with van der Waals surface area (Å²) in [6, 6.07) is 9.35. The predicted octanol–water partition coefficient (Wildman–Crippen LogP) is 2.15. The van der Waals surface area contributed by atoms with E-state index in [1.807, 2.05) is 0 Å². The van der Waals surface area contributed by atoms with Crippen LogP contribution in [-0.4, -0.2) is 50.8 Å². The van der Waals surface area contributed by atoms with Crippen LogP contribution in [-0.2, 0) is 4.74 Å². The lowest BCUT2D eigenvalue weighted by atomic mass is 10.2. The van der Waals surface area contributed by atoms with Crippen LogP contribution in [0.2, 0.25) is 0 Å². The second-order valence-electron chi connectivity index (χ2n) is 5.16. The lowest BCUT2D eigenvalue weighted by Crippen LogP contribution is -2.50. The van der Waals surface area contributed by atoms with Crippen LogP contribution in [0.3, 0.4) is 0 Å². The fourth-order valence-corrected chi connectivity index (χ4v) is 2.52. The standard InChI is InChI=1S/C15H24N2O/c1-13-4-6-15(7-5-13)17-10-8-16(9-11-17)14(2)12-18-3/h4-7,14H,8-12H2,1-3H3. The van der Waals surface area contributed by atoms with Crippen molar-refractivity contribution in [3.8, 4) is 0 Å². The van der Waals surface area contributed by atoms with Crippen LogP contribution in [0.25, 0.3) is 0 Å². The van der Waals surface area contributed by atoms with Crippen molar-refractivity contribution in [1.82, 2.24) is 4.90 Å². The van der Waals surface area contributed by atoms with Gasteiger partial charge in [-0.1, -0.05) is 17.7 Å². The lowest BCUT2D eigenvalue weighted by molar-refractivity contribution is 0.0953. The van der Waals surface area contributed by atoms with Gasteiger partial charge in [0.05, 0.1) is 6.61 Å². The third-order valence-electron chi connectivity index (χ3n) is 3.74. The molecule has 0 amide bonds. The van der Waals surface area contributed by atoms with Crippen LogP contribution >= 0.6 is 0 Å². The molecule has 0 radical (unpaired) electrons. The van der Waals surface area contributed by atoms with E-state index in [0.29, 0.717) is 6.04 Å². The van der Waals surface area contributed by atoms with Crippen LogP contribution in [0.1, 0.15) is 12.5 Å². The molecule has 1 heterocycles. The molecule has 18 heavy (non-hydrogen) atoms. The Balaban J connectivity index is 1.88. The maximum Gasteiger partial charge on any atom is 0.0615 e. The molecule has 2 rings (SSSR count). The monoisotopic (exact) mass is 248 g/mol. The van der Waals surface area contributed by atoms with E-state index in [4.69, 9.17) is 4.74 Å². The van der Waals surface area contributed by atoms with E-state index < -0.39 is 0 Å². The molecule has 0 spiro atoms. The van der Waals surface area contributed by atoms with Gasteiger partial charge in [0.15, 0.2) is 0 Å². The molecule has 0 saturated carbocycles. The minimum Gasteiger partial charge on any atom is -0.383 e. The van der Waals surface area contributed by atoms with Gasteiger partial charge < -0.3 is 9.64 Å². The largest absolute Gasteiger partial charge is 0.383 e. The number of rotatable bonds is 4. The topological polar surface area (TPSA) is 15.7 Å². The van der Waals surface area contributed by atoms with Gasteiger partial charge in [-0.05, 0) is 26.0 Å². The average molecular weight is 248 g/mol. The van der Waals surface area contributed by atoms with E-state index in [9.17, 15) is 0 Å². The summed E-state index contributed by atoms with van der Waals surface area (Å²) in [4.78, 5) is 4.98. The third-order valence-corrected chi connectivity index (χ3v) is 3.74. The molecule has 1 aromatic rings. The first kappa shape index (κ1) is 13.4. The average Bonchev–Trinajstić information content (AvgIpc) is 2.40. The predicted molar refractivity (Wildman–Crippen MR) is 76.3 cm³/mol. The minimum atomic E-state index is 0.523. The van der Waals surface area contributed by atoms with Gasteiger partial charge in [-0.25, -0.2) is 0 Å². The summed E-state index contributed by atoms with van der Waals surface area (Å²) >= 11 is 0. The molecule has 0 N–H and O–H groups in total. The molecule has 0 aliphatic carbocycles. The normalized spacial score (nSPS) is 18.9. The number of aryl methyl sites for hydroxylation is 1. The summed E-state index contributed by atoms with van der Waals surface area (Å²) in [7, 11) is 1.78. The summed E-state index contributed by atoms with van der Waals surface area (Å²) in [6.07, 6.45) is 0. The highest BCUT2D eigenvalue weighted by Gasteiger charge is 2.20. The van der Waals surface area contributed by atoms with E-state index in [-0.39, 0.29) is 0 Å². The first-order chi connectivity index (χ1) is 8.70. The summed E-state index contributed by atoms with van der Waals surface area (Å²) < 4.78 is 5.23. The molecule has 100 valence electrons. The van der Waals surface area contributed by atoms with Crippen LogP contribution < -0.4 is 4.90 Å². The molecule has 1 atom stereocenters. The van der Waals surface area contributed by atoms with Crippen molar-refractivity contribution in [2.75, 3.05) is 44.8 Å². The Morgan fingerprint density at radius 1 is 1.11 bits per heavy atom. The zero-order chi connectivity index (χ0) is 13.0. The molecule has 1 aliphatic heterocycles. The zero-order valence-corrected chi connectivity index (χ0v) is 11.7. The molecular formula is C15H24N2O. The third kappa shape index (κ3) is 3.24. The number of benzene rings is 1. The summed E-state index contributed by atoms with van der Waals surface area (Å²) in [5.41, 5.74) is 2.67. The molecule has 1 aromatic carbocycles. The fraction of sp³-hybridized carbons (Fsp3) is 0.600. The van der Waals surface area contributed by atoms with E-state index in [2.05, 4.69) is 47.9 Å². The Morgan fingerprint density at radius 3 is 2.28 bits per heavy atom. The number of anilines is 1. The number of hydrogen-bond acceptors (Lipinski definition) is 3. The number of hydrogen-bond donors (Lipinski definition) is 0. The second kappa shape index (κ2) is 6.21. The Morgan fingerprint density at radius 2 is 1.72 bits per heavy atom. The fourth-order valence-electron chi connectivity index (χ4n) is 2.52. The minimum absolute atomic E-state index is 0.523. The van der Waals surface area contributed by atoms with Gasteiger partial charge in [-0.3, -0.25) is 4.90 Å². The highest BCUT2D eigenvalue weighted by atomic mass is 16.5. The summed E-state index contributed by atoms with van der Waals surface area (Å²) in [5.74, 6) is 0. The van der Waals surface area contributed by atoms with Crippen molar-refractivity contribution in [3.05, 3.63) is 29.8 Å². The first-order valence-corrected chi connectivity index (χ1v) is 6.75. The molecule has 3 heteroatoms. The van der Waals surface area contributed by atoms with Gasteiger partial charge in [0.1, 0.15) is 0 Å². The molecule has 3 nitrogen and oxygen atoms in total. The van der Waals surface area contributed by atoms with E-state index in [1.54, 1.807) is 7.11 Å². The van der Waals surface area contributed by atoms with Crippen molar-refractivity contribution < 1.29 is 4.74 Å². The maximum absolute atomic E-state index is 5.23. The molecule has 1 aliphatic rings. The molecular weight excluding hydrogens is 224 g/mol. The first-order valence-electron chi connectivity index (χ1n) is 6.75. The van der Waals surface area contributed by atoms with Crippen LogP contribution in [0, 0.1) is 6.92 Å². The Hall–Kier alpha value is -1.06. The van der Waals surface area contributed by atoms with Gasteiger partial charge in [-0.15, -0.1) is 0 Å². The van der Waals surface area contributed by atoms with Crippen LogP contribution in [0.15, 0.2) is 24.3 Å². The highest BCUT2D eigenvalue weighted by Crippen LogP contribution is 2.17. The Bertz CT molecular complexity index is 355. The van der Waals surface area contributed by atoms with Crippen LogP contribution in [0.5, 0.6) is 0 Å². The summed E-state index contributed by atoms with van der Waals surface area (Å²) in [5, 5.41) is 0. The SMILES string of the molecule is COCC(C)N1CCN(c2ccc(C)cc2)CC1. The summed E-state index contributed by atoms with van der Waals surface area (Å²) in [6.45, 7) is 9.66. The molecule has 1 unspecified atom stereocenters. The smallest absolute Gasteiger partial charge is 0.0615 e. The number of ether oxygens (including phenoxy) is 1. The van der Waals surface area contributed by atoms with Gasteiger partial charge >= 0.3 is 0 Å². The number of nitrogens with zero attached hydrogens (tertiary/aromatic N) is 2. The van der Waals surface area contributed by atoms with Gasteiger partial charge in [0.25, 0.3) is 0 Å². The highest BCUT2D eigenvalue weighted by molar-refractivity contribution is 5.47. The Kier molecular flexibility index (Phi) is 4.61. The zero-order valence-electron chi connectivity index (χ0n) is 11.7. The van der Waals surface area contributed by atoms with E-state index >= 15 is 0 Å². The molecule has 1 fully saturated rings. The quantitative estimate of drug-likeness (QED) is 0.812. The van der Waals surface area contributed by atoms with Crippen molar-refractivity contribution in [1.29, 1.82) is 0 Å². The van der Waals surface area contributed by atoms with Crippen molar-refractivity contribution >= 4 is 5.69 Å². The van der Waals surface area contributed by atoms with Crippen LogP contribution in [0.4, 0.5) is 5.69 Å². The molecule has 1 saturated heterocycles.